The van der Waals surface area contributed by atoms with Crippen LogP contribution in [0.15, 0.2) is 90.4 Å². The van der Waals surface area contributed by atoms with Gasteiger partial charge in [0, 0.05) is 17.0 Å². The minimum absolute atomic E-state index is 0.00283. The zero-order valence-corrected chi connectivity index (χ0v) is 18.6. The number of anilines is 1. The molecule has 0 saturated carbocycles. The Bertz CT molecular complexity index is 1210. The predicted molar refractivity (Wildman–Crippen MR) is 128 cm³/mol. The average molecular weight is 441 g/mol. The molecular formula is C27H24N2O2S. The number of hydrogen-bond acceptors (Lipinski definition) is 4. The summed E-state index contributed by atoms with van der Waals surface area (Å²) in [6, 6.07) is 26.7. The highest BCUT2D eigenvalue weighted by molar-refractivity contribution is 7.13. The van der Waals surface area contributed by atoms with E-state index in [2.05, 4.69) is 59.7 Å². The number of fused-ring (bicyclic) bond motifs is 1. The summed E-state index contributed by atoms with van der Waals surface area (Å²) in [6.07, 6.45) is 2.41. The quantitative estimate of drug-likeness (QED) is 0.410. The van der Waals surface area contributed by atoms with Crippen LogP contribution in [0.5, 0.6) is 5.75 Å². The molecule has 1 aromatic heterocycles. The second kappa shape index (κ2) is 8.60. The lowest BCUT2D eigenvalue weighted by molar-refractivity contribution is -0.121. The summed E-state index contributed by atoms with van der Waals surface area (Å²) < 4.78 is 5.97. The van der Waals surface area contributed by atoms with Crippen molar-refractivity contribution in [1.29, 1.82) is 0 Å². The third-order valence-electron chi connectivity index (χ3n) is 6.38. The molecule has 1 amide bonds. The number of thiazole rings is 1. The van der Waals surface area contributed by atoms with Crippen LogP contribution in [0.3, 0.4) is 0 Å². The Kier molecular flexibility index (Phi) is 5.50. The standard InChI is InChI=1S/C27H24N2O2S/c1-27(21-11-13-22(14-12-21)31-18-19-7-3-2-4-8-19)23-10-6-5-9-20(23)17-24(27)25(30)29-26-28-15-16-32-26/h2-16,24H,17-18H2,1H3,(H,28,29,30)/t24-,27-/m1/s1. The molecule has 5 rings (SSSR count). The lowest BCUT2D eigenvalue weighted by atomic mass is 9.71. The number of nitrogens with one attached hydrogen (secondary N) is 1. The molecule has 0 radical (unpaired) electrons. The molecule has 3 aromatic carbocycles. The van der Waals surface area contributed by atoms with Crippen molar-refractivity contribution in [2.75, 3.05) is 5.32 Å². The van der Waals surface area contributed by atoms with Gasteiger partial charge < -0.3 is 10.1 Å². The summed E-state index contributed by atoms with van der Waals surface area (Å²) in [5, 5.41) is 5.52. The van der Waals surface area contributed by atoms with E-state index in [4.69, 9.17) is 4.74 Å². The molecule has 4 aromatic rings. The van der Waals surface area contributed by atoms with Crippen molar-refractivity contribution >= 4 is 22.4 Å². The highest BCUT2D eigenvalue weighted by atomic mass is 32.1. The van der Waals surface area contributed by atoms with Gasteiger partial charge in [-0.3, -0.25) is 4.79 Å². The van der Waals surface area contributed by atoms with Gasteiger partial charge in [0.2, 0.25) is 5.91 Å². The molecule has 2 atom stereocenters. The van der Waals surface area contributed by atoms with E-state index in [1.807, 2.05) is 41.8 Å². The van der Waals surface area contributed by atoms with Crippen molar-refractivity contribution in [2.45, 2.75) is 25.4 Å². The highest BCUT2D eigenvalue weighted by Gasteiger charge is 2.48. The Morgan fingerprint density at radius 2 is 1.81 bits per heavy atom. The minimum atomic E-state index is -0.435. The van der Waals surface area contributed by atoms with Crippen LogP contribution >= 0.6 is 11.3 Å². The summed E-state index contributed by atoms with van der Waals surface area (Å²) in [5.41, 5.74) is 4.23. The number of carbonyl (C=O) groups excluding carboxylic acids is 1. The van der Waals surface area contributed by atoms with Crippen LogP contribution in [0.1, 0.15) is 29.2 Å². The van der Waals surface area contributed by atoms with E-state index in [1.165, 1.54) is 22.5 Å². The van der Waals surface area contributed by atoms with Gasteiger partial charge in [-0.1, -0.05) is 73.7 Å². The maximum Gasteiger partial charge on any atom is 0.230 e. The molecule has 0 fully saturated rings. The van der Waals surface area contributed by atoms with Gasteiger partial charge in [0.05, 0.1) is 5.92 Å². The monoisotopic (exact) mass is 440 g/mol. The van der Waals surface area contributed by atoms with E-state index in [1.54, 1.807) is 6.20 Å². The van der Waals surface area contributed by atoms with Crippen LogP contribution in [0.4, 0.5) is 5.13 Å². The van der Waals surface area contributed by atoms with Crippen LogP contribution in [-0.4, -0.2) is 10.9 Å². The van der Waals surface area contributed by atoms with Crippen molar-refractivity contribution in [3.05, 3.63) is 113 Å². The molecule has 32 heavy (non-hydrogen) atoms. The SMILES string of the molecule is C[C@@]1(c2ccc(OCc3ccccc3)cc2)c2ccccc2C[C@@H]1C(=O)Nc1nccs1. The van der Waals surface area contributed by atoms with E-state index in [0.29, 0.717) is 18.2 Å². The predicted octanol–water partition coefficient (Wildman–Crippen LogP) is 5.84. The van der Waals surface area contributed by atoms with Gasteiger partial charge in [-0.15, -0.1) is 11.3 Å². The van der Waals surface area contributed by atoms with E-state index in [9.17, 15) is 4.79 Å². The summed E-state index contributed by atoms with van der Waals surface area (Å²) in [4.78, 5) is 17.6. The molecule has 0 spiro atoms. The number of benzene rings is 3. The first-order chi connectivity index (χ1) is 15.6. The van der Waals surface area contributed by atoms with Crippen molar-refractivity contribution in [3.8, 4) is 5.75 Å². The molecule has 1 N–H and O–H groups in total. The lowest BCUT2D eigenvalue weighted by Gasteiger charge is -2.32. The number of carbonyl (C=O) groups is 1. The zero-order chi connectivity index (χ0) is 22.0. The van der Waals surface area contributed by atoms with E-state index in [0.717, 1.165) is 16.9 Å². The second-order valence-corrected chi connectivity index (χ2v) is 9.14. The van der Waals surface area contributed by atoms with Gasteiger partial charge in [0.25, 0.3) is 0 Å². The Labute approximate surface area is 191 Å². The molecule has 5 heteroatoms. The molecule has 1 aliphatic rings. The Morgan fingerprint density at radius 3 is 2.56 bits per heavy atom. The Morgan fingerprint density at radius 1 is 1.06 bits per heavy atom. The van der Waals surface area contributed by atoms with Gasteiger partial charge in [0.1, 0.15) is 12.4 Å². The maximum atomic E-state index is 13.3. The minimum Gasteiger partial charge on any atom is -0.489 e. The molecule has 0 aliphatic heterocycles. The number of ether oxygens (including phenoxy) is 1. The highest BCUT2D eigenvalue weighted by Crippen LogP contribution is 2.48. The first kappa shape index (κ1) is 20.5. The maximum absolute atomic E-state index is 13.3. The lowest BCUT2D eigenvalue weighted by Crippen LogP contribution is -2.38. The molecule has 1 heterocycles. The molecular weight excluding hydrogens is 416 g/mol. The topological polar surface area (TPSA) is 51.2 Å². The van der Waals surface area contributed by atoms with Gasteiger partial charge >= 0.3 is 0 Å². The third-order valence-corrected chi connectivity index (χ3v) is 7.07. The molecule has 1 aliphatic carbocycles. The molecule has 0 saturated heterocycles. The normalized spacial score (nSPS) is 19.3. The number of aromatic nitrogens is 1. The molecule has 0 bridgehead atoms. The Hall–Kier alpha value is -3.44. The summed E-state index contributed by atoms with van der Waals surface area (Å²) >= 11 is 1.44. The first-order valence-corrected chi connectivity index (χ1v) is 11.6. The van der Waals surface area contributed by atoms with Crippen LogP contribution in [0.2, 0.25) is 0 Å². The molecule has 4 nitrogen and oxygen atoms in total. The third kappa shape index (κ3) is 3.80. The van der Waals surface area contributed by atoms with Crippen LogP contribution in [-0.2, 0) is 23.2 Å². The van der Waals surface area contributed by atoms with E-state index >= 15 is 0 Å². The smallest absolute Gasteiger partial charge is 0.230 e. The van der Waals surface area contributed by atoms with Crippen molar-refractivity contribution < 1.29 is 9.53 Å². The number of nitrogens with zero attached hydrogens (tertiary/aromatic N) is 1. The summed E-state index contributed by atoms with van der Waals surface area (Å²) in [5.74, 6) is 0.596. The zero-order valence-electron chi connectivity index (χ0n) is 17.8. The van der Waals surface area contributed by atoms with Crippen molar-refractivity contribution in [2.24, 2.45) is 5.92 Å². The average Bonchev–Trinajstić information content (AvgIpc) is 3.45. The van der Waals surface area contributed by atoms with Crippen LogP contribution < -0.4 is 10.1 Å². The fourth-order valence-corrected chi connectivity index (χ4v) is 5.18. The summed E-state index contributed by atoms with van der Waals surface area (Å²) in [6.45, 7) is 2.70. The fraction of sp³-hybridized carbons (Fsp3) is 0.185. The Balaban J connectivity index is 1.42. The largest absolute Gasteiger partial charge is 0.489 e. The second-order valence-electron chi connectivity index (χ2n) is 8.24. The van der Waals surface area contributed by atoms with Gasteiger partial charge in [-0.05, 0) is 40.8 Å². The van der Waals surface area contributed by atoms with Crippen molar-refractivity contribution in [3.63, 3.8) is 0 Å². The van der Waals surface area contributed by atoms with E-state index in [-0.39, 0.29) is 11.8 Å². The first-order valence-electron chi connectivity index (χ1n) is 10.7. The fourth-order valence-electron chi connectivity index (χ4n) is 4.64. The van der Waals surface area contributed by atoms with Crippen LogP contribution in [0, 0.1) is 5.92 Å². The summed E-state index contributed by atoms with van der Waals surface area (Å²) in [7, 11) is 0. The van der Waals surface area contributed by atoms with Crippen molar-refractivity contribution in [1.82, 2.24) is 4.98 Å². The number of amides is 1. The number of hydrogen-bond donors (Lipinski definition) is 1. The van der Waals surface area contributed by atoms with Gasteiger partial charge in [-0.25, -0.2) is 4.98 Å². The molecule has 0 unspecified atom stereocenters. The van der Waals surface area contributed by atoms with E-state index < -0.39 is 5.41 Å². The number of rotatable bonds is 6. The molecule has 160 valence electrons. The van der Waals surface area contributed by atoms with Gasteiger partial charge in [-0.2, -0.15) is 0 Å². The van der Waals surface area contributed by atoms with Gasteiger partial charge in [0.15, 0.2) is 5.13 Å². The van der Waals surface area contributed by atoms with Crippen LogP contribution in [0.25, 0.3) is 0 Å².